The van der Waals surface area contributed by atoms with Crippen LogP contribution < -0.4 is 0 Å². The summed E-state index contributed by atoms with van der Waals surface area (Å²) in [6.07, 6.45) is -0.0981. The van der Waals surface area contributed by atoms with Crippen LogP contribution in [-0.2, 0) is 9.53 Å². The number of carbonyl (C=O) groups excluding carboxylic acids is 1. The molecule has 0 aliphatic rings. The fraction of sp³-hybridized carbons (Fsp3) is 0.400. The van der Waals surface area contributed by atoms with E-state index in [-0.39, 0.29) is 6.42 Å². The van der Waals surface area contributed by atoms with Crippen molar-refractivity contribution in [2.75, 3.05) is 13.7 Å². The van der Waals surface area contributed by atoms with Crippen molar-refractivity contribution in [1.29, 1.82) is 10.5 Å². The summed E-state index contributed by atoms with van der Waals surface area (Å²) in [5, 5.41) is 29.0. The number of nitrogens with zero attached hydrogens (tertiary/aromatic N) is 3. The molecule has 0 amide bonds. The minimum atomic E-state index is -1.10. The second-order valence-electron chi connectivity index (χ2n) is 4.65. The van der Waals surface area contributed by atoms with Crippen LogP contribution in [-0.4, -0.2) is 24.5 Å². The van der Waals surface area contributed by atoms with Crippen LogP contribution in [0.25, 0.3) is 0 Å². The largest absolute Gasteiger partial charge is 0.469 e. The Morgan fingerprint density at radius 1 is 1.32 bits per heavy atom. The van der Waals surface area contributed by atoms with Crippen molar-refractivity contribution in [3.8, 4) is 12.1 Å². The molecule has 0 aromatic heterocycles. The molecule has 0 bridgehead atoms. The van der Waals surface area contributed by atoms with Gasteiger partial charge in [0, 0.05) is 17.3 Å². The third kappa shape index (κ3) is 4.29. The summed E-state index contributed by atoms with van der Waals surface area (Å²) in [6, 6.07) is 12.3. The van der Waals surface area contributed by atoms with Gasteiger partial charge in [-0.15, -0.1) is 0 Å². The minimum absolute atomic E-state index is 0.0981. The number of rotatable bonds is 7. The summed E-state index contributed by atoms with van der Waals surface area (Å²) in [7, 11) is 1.18. The normalized spacial score (nSPS) is 12.7. The molecule has 0 N–H and O–H groups in total. The zero-order valence-electron chi connectivity index (χ0n) is 12.0. The second kappa shape index (κ2) is 8.38. The molecule has 0 radical (unpaired) electrons. The van der Waals surface area contributed by atoms with E-state index in [0.717, 1.165) is 0 Å². The number of benzene rings is 1. The van der Waals surface area contributed by atoms with Crippen molar-refractivity contribution in [1.82, 2.24) is 0 Å². The summed E-state index contributed by atoms with van der Waals surface area (Å²) in [6.45, 7) is -0.438. The molecule has 7 heteroatoms. The molecular weight excluding hydrogens is 286 g/mol. The molecule has 0 aliphatic heterocycles. The number of carbonyl (C=O) groups is 1. The monoisotopic (exact) mass is 301 g/mol. The van der Waals surface area contributed by atoms with Crippen LogP contribution in [0.3, 0.4) is 0 Å². The van der Waals surface area contributed by atoms with Gasteiger partial charge < -0.3 is 4.74 Å². The van der Waals surface area contributed by atoms with Crippen molar-refractivity contribution in [3.05, 3.63) is 46.0 Å². The lowest BCUT2D eigenvalue weighted by Gasteiger charge is -2.25. The van der Waals surface area contributed by atoms with Crippen molar-refractivity contribution in [3.63, 3.8) is 0 Å². The quantitative estimate of drug-likeness (QED) is 0.431. The lowest BCUT2D eigenvalue weighted by atomic mass is 9.76. The fourth-order valence-corrected chi connectivity index (χ4v) is 2.36. The Morgan fingerprint density at radius 2 is 1.91 bits per heavy atom. The molecule has 114 valence electrons. The molecule has 0 heterocycles. The maximum absolute atomic E-state index is 12.0. The topological polar surface area (TPSA) is 117 Å². The third-order valence-corrected chi connectivity index (χ3v) is 3.38. The van der Waals surface area contributed by atoms with E-state index >= 15 is 0 Å². The van der Waals surface area contributed by atoms with Gasteiger partial charge in [-0.3, -0.25) is 14.9 Å². The van der Waals surface area contributed by atoms with E-state index in [0.29, 0.717) is 5.56 Å². The average Bonchev–Trinajstić information content (AvgIpc) is 2.54. The summed E-state index contributed by atoms with van der Waals surface area (Å²) in [4.78, 5) is 22.1. The first kappa shape index (κ1) is 17.1. The fourth-order valence-electron chi connectivity index (χ4n) is 2.36. The number of hydrogen-bond donors (Lipinski definition) is 0. The number of esters is 1. The third-order valence-electron chi connectivity index (χ3n) is 3.38. The van der Waals surface area contributed by atoms with Gasteiger partial charge in [0.05, 0.1) is 25.2 Å². The number of ether oxygens (including phenoxy) is 1. The van der Waals surface area contributed by atoms with Crippen LogP contribution >= 0.6 is 0 Å². The van der Waals surface area contributed by atoms with Crippen molar-refractivity contribution >= 4 is 5.97 Å². The highest BCUT2D eigenvalue weighted by atomic mass is 16.6. The van der Waals surface area contributed by atoms with Gasteiger partial charge in [-0.2, -0.15) is 10.5 Å². The lowest BCUT2D eigenvalue weighted by Crippen LogP contribution is -2.30. The van der Waals surface area contributed by atoms with E-state index in [4.69, 9.17) is 4.74 Å². The smallest absolute Gasteiger partial charge is 0.309 e. The maximum atomic E-state index is 12.0. The highest BCUT2D eigenvalue weighted by Gasteiger charge is 2.37. The van der Waals surface area contributed by atoms with Crippen LogP contribution in [0.5, 0.6) is 0 Å². The summed E-state index contributed by atoms with van der Waals surface area (Å²) >= 11 is 0. The number of nitriles is 2. The molecular formula is C15H15N3O4. The molecule has 7 nitrogen and oxygen atoms in total. The Kier molecular flexibility index (Phi) is 6.52. The van der Waals surface area contributed by atoms with E-state index in [1.165, 1.54) is 7.11 Å². The van der Waals surface area contributed by atoms with E-state index in [1.807, 2.05) is 12.1 Å². The Balaban J connectivity index is 3.25. The van der Waals surface area contributed by atoms with Gasteiger partial charge in [0.25, 0.3) is 0 Å². The van der Waals surface area contributed by atoms with E-state index in [9.17, 15) is 25.4 Å². The first-order valence-corrected chi connectivity index (χ1v) is 6.59. The molecule has 1 aromatic carbocycles. The first-order valence-electron chi connectivity index (χ1n) is 6.59. The highest BCUT2D eigenvalue weighted by molar-refractivity contribution is 5.74. The zero-order valence-corrected chi connectivity index (χ0v) is 12.0. The predicted octanol–water partition coefficient (Wildman–Crippen LogP) is 1.89. The second-order valence-corrected chi connectivity index (χ2v) is 4.65. The average molecular weight is 301 g/mol. The van der Waals surface area contributed by atoms with Gasteiger partial charge >= 0.3 is 5.97 Å². The van der Waals surface area contributed by atoms with Crippen molar-refractivity contribution < 1.29 is 14.5 Å². The van der Waals surface area contributed by atoms with Crippen LogP contribution in [0.1, 0.15) is 17.9 Å². The molecule has 1 rings (SSSR count). The summed E-state index contributed by atoms with van der Waals surface area (Å²) < 4.78 is 4.71. The standard InChI is InChI=1S/C15H15N3O4/c1-22-15(19)13(7-8-18(20)21)14(12(9-16)10-17)11-5-3-2-4-6-11/h2-6,12-14H,7-8H2,1H3. The predicted molar refractivity (Wildman–Crippen MR) is 75.9 cm³/mol. The Labute approximate surface area is 127 Å². The van der Waals surface area contributed by atoms with Crippen LogP contribution in [0, 0.1) is 44.6 Å². The SMILES string of the molecule is COC(=O)C(CC[N+](=O)[O-])C(c1ccccc1)C(C#N)C#N. The molecule has 0 fully saturated rings. The van der Waals surface area contributed by atoms with Gasteiger partial charge in [0.1, 0.15) is 5.92 Å². The highest BCUT2D eigenvalue weighted by Crippen LogP contribution is 2.34. The molecule has 22 heavy (non-hydrogen) atoms. The van der Waals surface area contributed by atoms with Gasteiger partial charge in [0.15, 0.2) is 0 Å². The molecule has 0 saturated heterocycles. The van der Waals surface area contributed by atoms with Crippen LogP contribution in [0.4, 0.5) is 0 Å². The summed E-state index contributed by atoms with van der Waals surface area (Å²) in [5.41, 5.74) is 0.606. The van der Waals surface area contributed by atoms with Gasteiger partial charge in [0.2, 0.25) is 6.54 Å². The Morgan fingerprint density at radius 3 is 2.36 bits per heavy atom. The van der Waals surface area contributed by atoms with Gasteiger partial charge in [-0.05, 0) is 5.56 Å². The van der Waals surface area contributed by atoms with Crippen LogP contribution in [0.2, 0.25) is 0 Å². The lowest BCUT2D eigenvalue weighted by molar-refractivity contribution is -0.481. The maximum Gasteiger partial charge on any atom is 0.309 e. The van der Waals surface area contributed by atoms with Crippen LogP contribution in [0.15, 0.2) is 30.3 Å². The number of nitro groups is 1. The van der Waals surface area contributed by atoms with E-state index in [2.05, 4.69) is 0 Å². The summed E-state index contributed by atoms with van der Waals surface area (Å²) in [5.74, 6) is -3.46. The van der Waals surface area contributed by atoms with Gasteiger partial charge in [-0.1, -0.05) is 30.3 Å². The molecule has 1 aromatic rings. The minimum Gasteiger partial charge on any atom is -0.469 e. The number of methoxy groups -OCH3 is 1. The first-order chi connectivity index (χ1) is 10.5. The van der Waals surface area contributed by atoms with E-state index < -0.39 is 35.2 Å². The van der Waals surface area contributed by atoms with Gasteiger partial charge in [-0.25, -0.2) is 0 Å². The van der Waals surface area contributed by atoms with Crippen molar-refractivity contribution in [2.24, 2.45) is 11.8 Å². The Hall–Kier alpha value is -2.93. The molecule has 2 atom stereocenters. The number of hydrogen-bond acceptors (Lipinski definition) is 6. The Bertz CT molecular complexity index is 589. The van der Waals surface area contributed by atoms with E-state index in [1.54, 1.807) is 30.3 Å². The van der Waals surface area contributed by atoms with Crippen molar-refractivity contribution in [2.45, 2.75) is 12.3 Å². The zero-order chi connectivity index (χ0) is 16.5. The molecule has 2 unspecified atom stereocenters. The molecule has 0 aliphatic carbocycles. The molecule has 0 spiro atoms. The molecule has 0 saturated carbocycles.